The molecule has 0 spiro atoms. The van der Waals surface area contributed by atoms with Crippen LogP contribution in [-0.4, -0.2) is 41.5 Å². The van der Waals surface area contributed by atoms with E-state index in [0.717, 1.165) is 6.07 Å². The highest BCUT2D eigenvalue weighted by Crippen LogP contribution is 2.25. The highest BCUT2D eigenvalue weighted by molar-refractivity contribution is 6.60. The molecule has 0 fully saturated rings. The molecule has 0 atom stereocenters. The van der Waals surface area contributed by atoms with Gasteiger partial charge in [-0.3, -0.25) is 0 Å². The summed E-state index contributed by atoms with van der Waals surface area (Å²) < 4.78 is 23.8. The molecule has 2 N–H and O–H groups in total. The molecule has 0 radical (unpaired) electrons. The number of hydrogen-bond donors (Lipinski definition) is 2. The van der Waals surface area contributed by atoms with Crippen molar-refractivity contribution in [3.63, 3.8) is 0 Å². The average Bonchev–Trinajstić information content (AvgIpc) is 2.35. The number of hydrogen-bond acceptors (Lipinski definition) is 5. The van der Waals surface area contributed by atoms with Crippen molar-refractivity contribution in [3.8, 4) is 0 Å². The fourth-order valence-corrected chi connectivity index (χ4v) is 1.46. The van der Waals surface area contributed by atoms with Gasteiger partial charge in [-0.15, -0.1) is 0 Å². The molecule has 0 bridgehead atoms. The van der Waals surface area contributed by atoms with E-state index >= 15 is 0 Å². The lowest BCUT2D eigenvalue weighted by Crippen LogP contribution is -2.53. The molecular weight excluding hydrogens is 278 g/mol. The number of carbonyl (C=O) groups is 1. The van der Waals surface area contributed by atoms with E-state index in [1.807, 2.05) is 0 Å². The highest BCUT2D eigenvalue weighted by atomic mass is 19.1. The third-order valence-electron chi connectivity index (χ3n) is 3.57. The Morgan fingerprint density at radius 2 is 1.86 bits per heavy atom. The predicted molar refractivity (Wildman–Crippen MR) is 76.8 cm³/mol. The van der Waals surface area contributed by atoms with Crippen LogP contribution in [0.3, 0.4) is 0 Å². The van der Waals surface area contributed by atoms with Crippen molar-refractivity contribution in [2.75, 3.05) is 7.11 Å². The van der Waals surface area contributed by atoms with Crippen LogP contribution in [0.2, 0.25) is 0 Å². The number of ether oxygens (including phenoxy) is 1. The fraction of sp³-hybridized carbons (Fsp3) is 0.500. The Balaban J connectivity index is 2.99. The van der Waals surface area contributed by atoms with Gasteiger partial charge in [-0.05, 0) is 39.8 Å². The minimum Gasteiger partial charge on any atom is -0.465 e. The second-order valence-electron chi connectivity index (χ2n) is 5.77. The SMILES string of the molecule is COC(=O)c1ccc(B(O)OC(C)(C)C(C)(C)O)c(F)c1. The van der Waals surface area contributed by atoms with Crippen LogP contribution < -0.4 is 5.46 Å². The Morgan fingerprint density at radius 1 is 1.29 bits per heavy atom. The maximum absolute atomic E-state index is 14.0. The lowest BCUT2D eigenvalue weighted by molar-refractivity contribution is -0.0983. The third-order valence-corrected chi connectivity index (χ3v) is 3.57. The number of rotatable bonds is 5. The Morgan fingerprint density at radius 3 is 2.29 bits per heavy atom. The first-order chi connectivity index (χ1) is 9.49. The molecule has 0 amide bonds. The summed E-state index contributed by atoms with van der Waals surface area (Å²) in [5.74, 6) is -1.47. The molecule has 116 valence electrons. The maximum atomic E-state index is 14.0. The molecule has 1 aromatic rings. The van der Waals surface area contributed by atoms with Crippen molar-refractivity contribution in [1.29, 1.82) is 0 Å². The fourth-order valence-electron chi connectivity index (χ4n) is 1.46. The summed E-state index contributed by atoms with van der Waals surface area (Å²) in [6, 6.07) is 3.53. The Labute approximate surface area is 123 Å². The molecule has 0 aliphatic heterocycles. The quantitative estimate of drug-likeness (QED) is 0.623. The van der Waals surface area contributed by atoms with Crippen LogP contribution in [0.25, 0.3) is 0 Å². The molecule has 0 saturated carbocycles. The number of esters is 1. The first-order valence-corrected chi connectivity index (χ1v) is 6.45. The summed E-state index contributed by atoms with van der Waals surface area (Å²) in [6.45, 7) is 6.21. The van der Waals surface area contributed by atoms with Crippen molar-refractivity contribution in [2.24, 2.45) is 0 Å². The van der Waals surface area contributed by atoms with Gasteiger partial charge >= 0.3 is 13.1 Å². The van der Waals surface area contributed by atoms with Crippen molar-refractivity contribution in [2.45, 2.75) is 38.9 Å². The standard InChI is InChI=1S/C14H20BFO5/c1-13(2,18)14(3,4)21-15(19)10-7-6-9(8-11(10)16)12(17)20-5/h6-8,18-19H,1-5H3. The smallest absolute Gasteiger partial charge is 0.465 e. The average molecular weight is 298 g/mol. The maximum Gasteiger partial charge on any atom is 0.494 e. The van der Waals surface area contributed by atoms with E-state index in [1.54, 1.807) is 13.8 Å². The van der Waals surface area contributed by atoms with Crippen LogP contribution >= 0.6 is 0 Å². The van der Waals surface area contributed by atoms with Crippen molar-refractivity contribution >= 4 is 18.6 Å². The Bertz CT molecular complexity index is 525. The number of benzene rings is 1. The Kier molecular flexibility index (Phi) is 5.14. The summed E-state index contributed by atoms with van der Waals surface area (Å²) >= 11 is 0. The van der Waals surface area contributed by atoms with Gasteiger partial charge in [-0.2, -0.15) is 0 Å². The molecule has 0 saturated heterocycles. The largest absolute Gasteiger partial charge is 0.494 e. The van der Waals surface area contributed by atoms with E-state index in [9.17, 15) is 19.3 Å². The molecule has 0 aliphatic rings. The van der Waals surface area contributed by atoms with Crippen LogP contribution in [0.1, 0.15) is 38.1 Å². The molecule has 1 rings (SSSR count). The summed E-state index contributed by atoms with van der Waals surface area (Å²) in [5.41, 5.74) is -2.44. The molecule has 1 aromatic carbocycles. The molecule has 21 heavy (non-hydrogen) atoms. The van der Waals surface area contributed by atoms with Gasteiger partial charge in [-0.1, -0.05) is 6.07 Å². The molecule has 5 nitrogen and oxygen atoms in total. The number of aliphatic hydroxyl groups is 1. The minimum atomic E-state index is -1.57. The van der Waals surface area contributed by atoms with Crippen LogP contribution in [0.4, 0.5) is 4.39 Å². The van der Waals surface area contributed by atoms with Crippen molar-refractivity contribution in [3.05, 3.63) is 29.6 Å². The second-order valence-corrected chi connectivity index (χ2v) is 5.77. The highest BCUT2D eigenvalue weighted by Gasteiger charge is 2.40. The van der Waals surface area contributed by atoms with Crippen LogP contribution in [0.15, 0.2) is 18.2 Å². The number of methoxy groups -OCH3 is 1. The van der Waals surface area contributed by atoms with Gasteiger partial charge in [0, 0.05) is 5.46 Å². The summed E-state index contributed by atoms with van der Waals surface area (Å²) in [7, 11) is -0.379. The van der Waals surface area contributed by atoms with Crippen LogP contribution in [0, 0.1) is 5.82 Å². The van der Waals surface area contributed by atoms with Crippen molar-refractivity contribution in [1.82, 2.24) is 0 Å². The second kappa shape index (κ2) is 6.13. The predicted octanol–water partition coefficient (Wildman–Crippen LogP) is 0.866. The zero-order valence-electron chi connectivity index (χ0n) is 12.8. The van der Waals surface area contributed by atoms with E-state index in [4.69, 9.17) is 4.65 Å². The number of halogens is 1. The van der Waals surface area contributed by atoms with Gasteiger partial charge in [0.25, 0.3) is 0 Å². The van der Waals surface area contributed by atoms with E-state index in [1.165, 1.54) is 33.1 Å². The molecule has 0 aliphatic carbocycles. The van der Waals surface area contributed by atoms with Gasteiger partial charge in [0.2, 0.25) is 0 Å². The number of carbonyl (C=O) groups excluding carboxylic acids is 1. The first-order valence-electron chi connectivity index (χ1n) is 6.45. The van der Waals surface area contributed by atoms with Gasteiger partial charge in [-0.25, -0.2) is 9.18 Å². The van der Waals surface area contributed by atoms with Gasteiger partial charge in [0.05, 0.1) is 23.9 Å². The molecule has 0 aromatic heterocycles. The zero-order chi connectivity index (χ0) is 16.4. The minimum absolute atomic E-state index is 0.0349. The Hall–Kier alpha value is -1.44. The topological polar surface area (TPSA) is 76.0 Å². The summed E-state index contributed by atoms with van der Waals surface area (Å²) in [4.78, 5) is 11.3. The molecule has 0 unspecified atom stereocenters. The van der Waals surface area contributed by atoms with Crippen molar-refractivity contribution < 1.29 is 28.7 Å². The van der Waals surface area contributed by atoms with E-state index < -0.39 is 30.1 Å². The summed E-state index contributed by atoms with van der Waals surface area (Å²) in [5, 5.41) is 20.0. The van der Waals surface area contributed by atoms with Gasteiger partial charge in [0.1, 0.15) is 5.82 Å². The molecule has 7 heteroatoms. The normalized spacial score (nSPS) is 12.2. The van der Waals surface area contributed by atoms with E-state index in [2.05, 4.69) is 4.74 Å². The molecule has 0 heterocycles. The van der Waals surface area contributed by atoms with Crippen LogP contribution in [0.5, 0.6) is 0 Å². The summed E-state index contributed by atoms with van der Waals surface area (Å²) in [6.07, 6.45) is 0. The van der Waals surface area contributed by atoms with Gasteiger partial charge in [0.15, 0.2) is 0 Å². The third kappa shape index (κ3) is 4.03. The lowest BCUT2D eigenvalue weighted by Gasteiger charge is -2.38. The van der Waals surface area contributed by atoms with E-state index in [0.29, 0.717) is 0 Å². The lowest BCUT2D eigenvalue weighted by atomic mass is 9.76. The van der Waals surface area contributed by atoms with Gasteiger partial charge < -0.3 is 19.5 Å². The van der Waals surface area contributed by atoms with E-state index in [-0.39, 0.29) is 11.0 Å². The first kappa shape index (κ1) is 17.6. The zero-order valence-corrected chi connectivity index (χ0v) is 12.8. The monoisotopic (exact) mass is 298 g/mol. The molecular formula is C14H20BFO5. The van der Waals surface area contributed by atoms with Crippen LogP contribution in [-0.2, 0) is 9.39 Å².